The lowest BCUT2D eigenvalue weighted by Crippen LogP contribution is -2.82. The summed E-state index contributed by atoms with van der Waals surface area (Å²) in [4.78, 5) is 20.8. The van der Waals surface area contributed by atoms with Gasteiger partial charge in [0.05, 0.1) is 25.5 Å². The van der Waals surface area contributed by atoms with Crippen molar-refractivity contribution in [2.75, 3.05) is 24.9 Å². The van der Waals surface area contributed by atoms with Crippen LogP contribution >= 0.6 is 0 Å². The van der Waals surface area contributed by atoms with E-state index in [1.165, 1.54) is 6.07 Å². The molecule has 0 bridgehead atoms. The quantitative estimate of drug-likeness (QED) is 0.607. The van der Waals surface area contributed by atoms with E-state index in [-0.39, 0.29) is 5.56 Å². The fourth-order valence-corrected chi connectivity index (χ4v) is 3.50. The van der Waals surface area contributed by atoms with Gasteiger partial charge in [-0.15, -0.1) is 0 Å². The molecule has 1 aromatic heterocycles. The number of fused-ring (bicyclic) bond motifs is 1. The molecule has 1 aliphatic heterocycles. The number of hydrogen-bond donors (Lipinski definition) is 3. The number of aromatic nitrogens is 2. The van der Waals surface area contributed by atoms with Gasteiger partial charge >= 0.3 is 5.96 Å². The van der Waals surface area contributed by atoms with Crippen LogP contribution in [-0.4, -0.2) is 29.7 Å². The van der Waals surface area contributed by atoms with Crippen molar-refractivity contribution >= 4 is 17.6 Å². The molecule has 0 radical (unpaired) electrons. The van der Waals surface area contributed by atoms with Crippen LogP contribution in [0.4, 0.5) is 11.6 Å². The Bertz CT molecular complexity index is 1190. The molecule has 0 saturated carbocycles. The first-order valence-electron chi connectivity index (χ1n) is 9.55. The fourth-order valence-electron chi connectivity index (χ4n) is 3.50. The Morgan fingerprint density at radius 2 is 1.93 bits per heavy atom. The van der Waals surface area contributed by atoms with Crippen LogP contribution in [0.5, 0.6) is 11.5 Å². The van der Waals surface area contributed by atoms with E-state index in [1.54, 1.807) is 25.7 Å². The van der Waals surface area contributed by atoms with Gasteiger partial charge in [0.2, 0.25) is 0 Å². The van der Waals surface area contributed by atoms with E-state index in [0.29, 0.717) is 29.1 Å². The van der Waals surface area contributed by atoms with Crippen LogP contribution in [0, 0.1) is 13.8 Å². The average molecular weight is 406 g/mol. The minimum Gasteiger partial charge on any atom is -0.497 e. The maximum Gasteiger partial charge on any atom is 0.357 e. The normalized spacial score (nSPS) is 14.9. The average Bonchev–Trinajstić information content (AvgIpc) is 2.72. The van der Waals surface area contributed by atoms with E-state index < -0.39 is 6.17 Å². The third-order valence-corrected chi connectivity index (χ3v) is 4.88. The van der Waals surface area contributed by atoms with Crippen LogP contribution in [0.2, 0.25) is 0 Å². The summed E-state index contributed by atoms with van der Waals surface area (Å²) in [6.45, 7) is 3.82. The molecule has 0 spiro atoms. The number of guanidine groups is 1. The van der Waals surface area contributed by atoms with Crippen molar-refractivity contribution in [3.8, 4) is 11.5 Å². The molecule has 8 heteroatoms. The second kappa shape index (κ2) is 7.90. The van der Waals surface area contributed by atoms with Crippen LogP contribution in [0.3, 0.4) is 0 Å². The highest BCUT2D eigenvalue weighted by Crippen LogP contribution is 2.29. The first kappa shape index (κ1) is 19.5. The van der Waals surface area contributed by atoms with E-state index in [2.05, 4.69) is 20.6 Å². The molecule has 154 valence electrons. The number of nitrogens with zero attached hydrogens (tertiary/aromatic N) is 2. The number of nitrogens with one attached hydrogen (secondary N) is 3. The van der Waals surface area contributed by atoms with Crippen LogP contribution in [0.25, 0.3) is 0 Å². The van der Waals surface area contributed by atoms with Crippen LogP contribution in [0.1, 0.15) is 23.0 Å². The topological polar surface area (TPSA) is 91.4 Å². The summed E-state index contributed by atoms with van der Waals surface area (Å²) >= 11 is 0. The van der Waals surface area contributed by atoms with Gasteiger partial charge in [-0.1, -0.05) is 12.1 Å². The molecule has 3 N–H and O–H groups in total. The lowest BCUT2D eigenvalue weighted by atomic mass is 10.1. The Morgan fingerprint density at radius 3 is 2.67 bits per heavy atom. The zero-order valence-electron chi connectivity index (χ0n) is 17.3. The fraction of sp³-hybridized carbons (Fsp3) is 0.227. The number of rotatable bonds is 4. The Morgan fingerprint density at radius 1 is 1.10 bits per heavy atom. The molecule has 8 nitrogen and oxygen atoms in total. The number of ether oxygens (including phenoxy) is 2. The lowest BCUT2D eigenvalue weighted by Gasteiger charge is -2.24. The predicted molar refractivity (Wildman–Crippen MR) is 115 cm³/mol. The first-order chi connectivity index (χ1) is 14.5. The van der Waals surface area contributed by atoms with Gasteiger partial charge in [0, 0.05) is 11.8 Å². The molecule has 3 aromatic rings. The third-order valence-electron chi connectivity index (χ3n) is 4.88. The second-order valence-corrected chi connectivity index (χ2v) is 7.08. The summed E-state index contributed by atoms with van der Waals surface area (Å²) in [6.07, 6.45) is -0.556. The Labute approximate surface area is 174 Å². The zero-order chi connectivity index (χ0) is 21.3. The number of benzene rings is 2. The highest BCUT2D eigenvalue weighted by molar-refractivity contribution is 5.99. The van der Waals surface area contributed by atoms with Gasteiger partial charge in [0.1, 0.15) is 11.5 Å². The van der Waals surface area contributed by atoms with Crippen molar-refractivity contribution in [3.63, 3.8) is 0 Å². The molecule has 0 saturated heterocycles. The summed E-state index contributed by atoms with van der Waals surface area (Å²) in [5.74, 6) is 2.33. The van der Waals surface area contributed by atoms with Gasteiger partial charge in [-0.25, -0.2) is 20.2 Å². The summed E-state index contributed by atoms with van der Waals surface area (Å²) < 4.78 is 12.5. The maximum absolute atomic E-state index is 12.9. The molecular weight excluding hydrogens is 382 g/mol. The van der Waals surface area contributed by atoms with E-state index in [1.807, 2.05) is 49.4 Å². The summed E-state index contributed by atoms with van der Waals surface area (Å²) in [5, 5.41) is 6.52. The van der Waals surface area contributed by atoms with E-state index in [0.717, 1.165) is 16.8 Å². The molecule has 2 heterocycles. The number of anilines is 2. The minimum absolute atomic E-state index is 0.179. The Hall–Kier alpha value is -3.81. The standard InChI is InChI=1S/C22H23N5O3/c1-13-6-5-7-15(10-13)24-21-25-20(17-12-16(29-3)8-9-18(17)30-4)27-19(28)11-14(2)23-22(27)26-21/h5-12,20H,1-4H3,(H2,23,24,25,26)/p+1. The molecule has 0 aliphatic carbocycles. The molecule has 0 fully saturated rings. The van der Waals surface area contributed by atoms with Crippen molar-refractivity contribution in [2.24, 2.45) is 0 Å². The summed E-state index contributed by atoms with van der Waals surface area (Å²) in [5.41, 5.74) is 3.24. The molecule has 1 unspecified atom stereocenters. The van der Waals surface area contributed by atoms with Gasteiger partial charge in [-0.3, -0.25) is 9.79 Å². The van der Waals surface area contributed by atoms with Crippen molar-refractivity contribution in [1.82, 2.24) is 9.55 Å². The lowest BCUT2D eigenvalue weighted by molar-refractivity contribution is -0.520. The van der Waals surface area contributed by atoms with Crippen LogP contribution < -0.4 is 30.7 Å². The van der Waals surface area contributed by atoms with Crippen molar-refractivity contribution in [3.05, 3.63) is 75.7 Å². The van der Waals surface area contributed by atoms with E-state index in [9.17, 15) is 4.79 Å². The first-order valence-corrected chi connectivity index (χ1v) is 9.55. The van der Waals surface area contributed by atoms with Crippen LogP contribution in [-0.2, 0) is 0 Å². The highest BCUT2D eigenvalue weighted by Gasteiger charge is 2.31. The monoisotopic (exact) mass is 406 g/mol. The SMILES string of the molecule is COc1ccc(OC)c(C2[NH+]=C(Nc3cccc(C)c3)Nc3nc(C)cc(=O)n32)c1. The molecule has 2 aromatic carbocycles. The van der Waals surface area contributed by atoms with Gasteiger partial charge < -0.3 is 9.47 Å². The molecule has 30 heavy (non-hydrogen) atoms. The van der Waals surface area contributed by atoms with Crippen molar-refractivity contribution in [2.45, 2.75) is 20.0 Å². The van der Waals surface area contributed by atoms with Gasteiger partial charge in [-0.2, -0.15) is 0 Å². The summed E-state index contributed by atoms with van der Waals surface area (Å²) in [6, 6.07) is 15.0. The molecule has 0 amide bonds. The smallest absolute Gasteiger partial charge is 0.357 e. The summed E-state index contributed by atoms with van der Waals surface area (Å²) in [7, 11) is 3.20. The van der Waals surface area contributed by atoms with E-state index in [4.69, 9.17) is 9.47 Å². The third kappa shape index (κ3) is 3.71. The highest BCUT2D eigenvalue weighted by atomic mass is 16.5. The second-order valence-electron chi connectivity index (χ2n) is 7.08. The van der Waals surface area contributed by atoms with Crippen molar-refractivity contribution < 1.29 is 14.5 Å². The van der Waals surface area contributed by atoms with Gasteiger partial charge in [0.25, 0.3) is 11.5 Å². The van der Waals surface area contributed by atoms with Gasteiger partial charge in [0.15, 0.2) is 6.17 Å². The van der Waals surface area contributed by atoms with Crippen LogP contribution in [0.15, 0.2) is 53.3 Å². The Kier molecular flexibility index (Phi) is 5.14. The predicted octanol–water partition coefficient (Wildman–Crippen LogP) is 1.40. The molecule has 1 atom stereocenters. The Balaban J connectivity index is 1.86. The zero-order valence-corrected chi connectivity index (χ0v) is 17.3. The molecule has 4 rings (SSSR count). The number of hydrogen-bond acceptors (Lipinski definition) is 6. The number of methoxy groups -OCH3 is 2. The van der Waals surface area contributed by atoms with Crippen molar-refractivity contribution in [1.29, 1.82) is 0 Å². The number of aryl methyl sites for hydroxylation is 2. The minimum atomic E-state index is -0.556. The maximum atomic E-state index is 12.9. The largest absolute Gasteiger partial charge is 0.497 e. The van der Waals surface area contributed by atoms with E-state index >= 15 is 0 Å². The molecular formula is C22H24N5O3+. The van der Waals surface area contributed by atoms with Gasteiger partial charge in [-0.05, 0) is 49.7 Å². The molecule has 1 aliphatic rings.